The van der Waals surface area contributed by atoms with Crippen LogP contribution in [0.2, 0.25) is 0 Å². The maximum absolute atomic E-state index is 4.20. The summed E-state index contributed by atoms with van der Waals surface area (Å²) in [5, 5.41) is 0. The first-order valence-corrected chi connectivity index (χ1v) is 7.23. The predicted octanol–water partition coefficient (Wildman–Crippen LogP) is 5.46. The van der Waals surface area contributed by atoms with E-state index < -0.39 is 0 Å². The number of fused-ring (bicyclic) bond motifs is 1. The highest BCUT2D eigenvalue weighted by molar-refractivity contribution is 5.88. The highest BCUT2D eigenvalue weighted by Gasteiger charge is 2.14. The third-order valence-electron chi connectivity index (χ3n) is 4.04. The van der Waals surface area contributed by atoms with Crippen LogP contribution in [0.25, 0.3) is 11.1 Å². The Balaban J connectivity index is 1.94. The van der Waals surface area contributed by atoms with Crippen LogP contribution in [0.3, 0.4) is 0 Å². The second-order valence-corrected chi connectivity index (χ2v) is 5.81. The Bertz CT molecular complexity index is 669. The lowest BCUT2D eigenvalue weighted by Gasteiger charge is -2.19. The van der Waals surface area contributed by atoms with Crippen LogP contribution in [0.4, 0.5) is 0 Å². The van der Waals surface area contributed by atoms with E-state index in [1.165, 1.54) is 27.8 Å². The molecule has 0 fully saturated rings. The molecular weight excluding hydrogens is 240 g/mol. The molecule has 0 heterocycles. The molecule has 0 heteroatoms. The van der Waals surface area contributed by atoms with Gasteiger partial charge in [0.2, 0.25) is 0 Å². The zero-order valence-corrected chi connectivity index (χ0v) is 12.2. The van der Waals surface area contributed by atoms with E-state index in [2.05, 4.69) is 75.0 Å². The molecule has 0 radical (unpaired) electrons. The minimum Gasteiger partial charge on any atom is -0.0911 e. The Morgan fingerprint density at radius 3 is 2.35 bits per heavy atom. The fourth-order valence-electron chi connectivity index (χ4n) is 2.80. The lowest BCUT2D eigenvalue weighted by Crippen LogP contribution is -2.01. The van der Waals surface area contributed by atoms with Gasteiger partial charge in [-0.15, -0.1) is 0 Å². The monoisotopic (exact) mass is 260 g/mol. The second-order valence-electron chi connectivity index (χ2n) is 5.81. The molecular formula is C20H20. The summed E-state index contributed by atoms with van der Waals surface area (Å²) in [7, 11) is 0. The third-order valence-corrected chi connectivity index (χ3v) is 4.04. The summed E-state index contributed by atoms with van der Waals surface area (Å²) in [5.74, 6) is 0.583. The van der Waals surface area contributed by atoms with Gasteiger partial charge in [-0.2, -0.15) is 0 Å². The number of hydrogen-bond acceptors (Lipinski definition) is 0. The van der Waals surface area contributed by atoms with E-state index in [9.17, 15) is 0 Å². The fourth-order valence-corrected chi connectivity index (χ4v) is 2.80. The molecule has 3 rings (SSSR count). The number of rotatable bonds is 2. The van der Waals surface area contributed by atoms with Gasteiger partial charge in [0, 0.05) is 0 Å². The molecule has 2 aromatic rings. The summed E-state index contributed by atoms with van der Waals surface area (Å²) < 4.78 is 0. The van der Waals surface area contributed by atoms with Crippen molar-refractivity contribution in [3.63, 3.8) is 0 Å². The molecule has 0 saturated carbocycles. The molecule has 0 bridgehead atoms. The Hall–Kier alpha value is -2.08. The lowest BCUT2D eigenvalue weighted by molar-refractivity contribution is 0.866. The van der Waals surface area contributed by atoms with E-state index in [-0.39, 0.29) is 0 Å². The average Bonchev–Trinajstić information content (AvgIpc) is 2.47. The predicted molar refractivity (Wildman–Crippen MR) is 87.7 cm³/mol. The highest BCUT2D eigenvalue weighted by Crippen LogP contribution is 2.33. The van der Waals surface area contributed by atoms with Crippen LogP contribution in [0.15, 0.2) is 61.2 Å². The van der Waals surface area contributed by atoms with Gasteiger partial charge in [-0.1, -0.05) is 75.0 Å². The molecule has 0 saturated heterocycles. The molecule has 20 heavy (non-hydrogen) atoms. The molecule has 1 aliphatic carbocycles. The van der Waals surface area contributed by atoms with Crippen molar-refractivity contribution < 1.29 is 0 Å². The molecule has 0 spiro atoms. The normalized spacial score (nSPS) is 14.2. The summed E-state index contributed by atoms with van der Waals surface area (Å²) in [5.41, 5.74) is 7.85. The molecule has 0 atom stereocenters. The van der Waals surface area contributed by atoms with Gasteiger partial charge in [-0.25, -0.2) is 0 Å². The molecule has 0 unspecified atom stereocenters. The molecule has 2 aromatic carbocycles. The standard InChI is InChI=1S/C20H20/c1-14(2)16-8-10-17(11-9-16)19-12-15(3)20-7-5-4-6-18(20)13-19/h4-12,14H,3,13H2,1-2H3. The van der Waals surface area contributed by atoms with Crippen molar-refractivity contribution in [2.24, 2.45) is 0 Å². The fraction of sp³-hybridized carbons (Fsp3) is 0.200. The Morgan fingerprint density at radius 1 is 0.950 bits per heavy atom. The summed E-state index contributed by atoms with van der Waals surface area (Å²) in [6.45, 7) is 8.66. The van der Waals surface area contributed by atoms with Gasteiger partial charge in [0.1, 0.15) is 0 Å². The Kier molecular flexibility index (Phi) is 3.31. The first kappa shape index (κ1) is 12.9. The maximum Gasteiger partial charge on any atom is -0.00135 e. The third kappa shape index (κ3) is 2.34. The second kappa shape index (κ2) is 5.13. The highest BCUT2D eigenvalue weighted by atomic mass is 14.2. The zero-order valence-electron chi connectivity index (χ0n) is 12.2. The van der Waals surface area contributed by atoms with Crippen molar-refractivity contribution in [3.05, 3.63) is 83.4 Å². The van der Waals surface area contributed by atoms with Crippen LogP contribution in [-0.4, -0.2) is 0 Å². The van der Waals surface area contributed by atoms with Crippen molar-refractivity contribution in [2.75, 3.05) is 0 Å². The van der Waals surface area contributed by atoms with Gasteiger partial charge in [0.25, 0.3) is 0 Å². The minimum absolute atomic E-state index is 0.583. The van der Waals surface area contributed by atoms with Crippen LogP contribution in [0.1, 0.15) is 42.0 Å². The van der Waals surface area contributed by atoms with Crippen molar-refractivity contribution >= 4 is 11.1 Å². The van der Waals surface area contributed by atoms with E-state index >= 15 is 0 Å². The van der Waals surface area contributed by atoms with Crippen LogP contribution < -0.4 is 0 Å². The van der Waals surface area contributed by atoms with Gasteiger partial charge in [0.05, 0.1) is 0 Å². The summed E-state index contributed by atoms with van der Waals surface area (Å²) in [6, 6.07) is 17.5. The van der Waals surface area contributed by atoms with Crippen molar-refractivity contribution in [2.45, 2.75) is 26.2 Å². The van der Waals surface area contributed by atoms with E-state index in [1.54, 1.807) is 0 Å². The maximum atomic E-state index is 4.20. The van der Waals surface area contributed by atoms with Gasteiger partial charge in [0.15, 0.2) is 0 Å². The zero-order chi connectivity index (χ0) is 14.1. The van der Waals surface area contributed by atoms with E-state index in [4.69, 9.17) is 0 Å². The Labute approximate surface area is 121 Å². The molecule has 1 aliphatic rings. The molecule has 0 N–H and O–H groups in total. The lowest BCUT2D eigenvalue weighted by atomic mass is 9.85. The molecule has 0 amide bonds. The van der Waals surface area contributed by atoms with Gasteiger partial charge >= 0.3 is 0 Å². The first-order chi connectivity index (χ1) is 9.65. The van der Waals surface area contributed by atoms with E-state index in [0.717, 1.165) is 12.0 Å². The minimum atomic E-state index is 0.583. The molecule has 100 valence electrons. The number of benzene rings is 2. The van der Waals surface area contributed by atoms with Crippen LogP contribution in [0, 0.1) is 0 Å². The van der Waals surface area contributed by atoms with Gasteiger partial charge in [-0.05, 0) is 45.7 Å². The van der Waals surface area contributed by atoms with E-state index in [1.807, 2.05) is 0 Å². The van der Waals surface area contributed by atoms with Gasteiger partial charge < -0.3 is 0 Å². The van der Waals surface area contributed by atoms with Gasteiger partial charge in [-0.3, -0.25) is 0 Å². The van der Waals surface area contributed by atoms with Crippen molar-refractivity contribution in [1.82, 2.24) is 0 Å². The number of allylic oxidation sites excluding steroid dienone is 3. The smallest absolute Gasteiger partial charge is 0.00135 e. The topological polar surface area (TPSA) is 0 Å². The summed E-state index contributed by atoms with van der Waals surface area (Å²) in [4.78, 5) is 0. The largest absolute Gasteiger partial charge is 0.0911 e. The molecule has 0 nitrogen and oxygen atoms in total. The van der Waals surface area contributed by atoms with Crippen LogP contribution in [0.5, 0.6) is 0 Å². The average molecular weight is 260 g/mol. The van der Waals surface area contributed by atoms with Crippen LogP contribution >= 0.6 is 0 Å². The van der Waals surface area contributed by atoms with E-state index in [0.29, 0.717) is 5.92 Å². The van der Waals surface area contributed by atoms with Crippen molar-refractivity contribution in [1.29, 1.82) is 0 Å². The quantitative estimate of drug-likeness (QED) is 0.672. The number of hydrogen-bond donors (Lipinski definition) is 0. The molecule has 0 aliphatic heterocycles. The molecule has 0 aromatic heterocycles. The summed E-state index contributed by atoms with van der Waals surface area (Å²) in [6.07, 6.45) is 3.23. The SMILES string of the molecule is C=C1C=C(c2ccc(C(C)C)cc2)Cc2ccccc21. The van der Waals surface area contributed by atoms with Crippen molar-refractivity contribution in [3.8, 4) is 0 Å². The van der Waals surface area contributed by atoms with Crippen LogP contribution in [-0.2, 0) is 6.42 Å². The summed E-state index contributed by atoms with van der Waals surface area (Å²) >= 11 is 0. The Morgan fingerprint density at radius 2 is 1.65 bits per heavy atom. The first-order valence-electron chi connectivity index (χ1n) is 7.23.